The van der Waals surface area contributed by atoms with E-state index in [9.17, 15) is 9.59 Å². The van der Waals surface area contributed by atoms with Gasteiger partial charge in [-0.2, -0.15) is 5.06 Å². The molecule has 64 valence electrons. The zero-order valence-corrected chi connectivity index (χ0v) is 7.09. The van der Waals surface area contributed by atoms with E-state index in [0.29, 0.717) is 12.8 Å². The molecule has 0 rings (SSSR count). The second kappa shape index (κ2) is 4.85. The molecule has 0 aromatic rings. The van der Waals surface area contributed by atoms with Gasteiger partial charge in [-0.05, 0) is 6.42 Å². The molecule has 0 spiro atoms. The summed E-state index contributed by atoms with van der Waals surface area (Å²) in [4.78, 5) is 26.2. The van der Waals surface area contributed by atoms with Crippen molar-refractivity contribution in [3.8, 4) is 0 Å². The third-order valence-electron chi connectivity index (χ3n) is 1.16. The van der Waals surface area contributed by atoms with Gasteiger partial charge >= 0.3 is 0 Å². The van der Waals surface area contributed by atoms with Crippen molar-refractivity contribution in [3.05, 3.63) is 0 Å². The molecule has 0 radical (unpaired) electrons. The predicted octanol–water partition coefficient (Wildman–Crippen LogP) is 0.723. The Morgan fingerprint density at radius 1 is 1.45 bits per heavy atom. The van der Waals surface area contributed by atoms with Crippen molar-refractivity contribution >= 4 is 11.8 Å². The summed E-state index contributed by atoms with van der Waals surface area (Å²) in [6.07, 6.45) is 1.05. The van der Waals surface area contributed by atoms with E-state index >= 15 is 0 Å². The molecule has 4 heteroatoms. The molecule has 2 amide bonds. The largest absolute Gasteiger partial charge is 0.272 e. The maximum absolute atomic E-state index is 11.0. The first-order valence-electron chi connectivity index (χ1n) is 3.51. The minimum atomic E-state index is -0.383. The van der Waals surface area contributed by atoms with Crippen molar-refractivity contribution in [2.45, 2.75) is 26.7 Å². The number of hydrogen-bond acceptors (Lipinski definition) is 3. The van der Waals surface area contributed by atoms with Gasteiger partial charge in [-0.15, -0.1) is 0 Å². The average Bonchev–Trinajstić information content (AvgIpc) is 1.88. The average molecular weight is 159 g/mol. The third-order valence-corrected chi connectivity index (χ3v) is 1.16. The van der Waals surface area contributed by atoms with E-state index in [1.54, 1.807) is 0 Å². The smallest absolute Gasteiger partial charge is 0.253 e. The van der Waals surface area contributed by atoms with Crippen LogP contribution < -0.4 is 0 Å². The molecule has 0 heterocycles. The highest BCUT2D eigenvalue weighted by Gasteiger charge is 2.15. The van der Waals surface area contributed by atoms with Crippen LogP contribution in [0.5, 0.6) is 0 Å². The third kappa shape index (κ3) is 3.13. The summed E-state index contributed by atoms with van der Waals surface area (Å²) in [7, 11) is 1.30. The highest BCUT2D eigenvalue weighted by Crippen LogP contribution is 1.97. The van der Waals surface area contributed by atoms with Crippen LogP contribution >= 0.6 is 0 Å². The van der Waals surface area contributed by atoms with Crippen LogP contribution in [-0.4, -0.2) is 24.0 Å². The van der Waals surface area contributed by atoms with E-state index in [1.165, 1.54) is 14.0 Å². The second-order valence-electron chi connectivity index (χ2n) is 2.14. The number of imide groups is 1. The Morgan fingerprint density at radius 2 is 2.00 bits per heavy atom. The predicted molar refractivity (Wildman–Crippen MR) is 39.4 cm³/mol. The van der Waals surface area contributed by atoms with Crippen molar-refractivity contribution in [2.75, 3.05) is 7.11 Å². The molecule has 0 atom stereocenters. The first kappa shape index (κ1) is 10.1. The Hall–Kier alpha value is -0.900. The molecule has 0 N–H and O–H groups in total. The Morgan fingerprint density at radius 3 is 2.27 bits per heavy atom. The molecule has 0 saturated carbocycles. The molecule has 0 aromatic heterocycles. The number of rotatable bonds is 3. The van der Waals surface area contributed by atoms with Gasteiger partial charge in [0.05, 0.1) is 7.11 Å². The molecule has 11 heavy (non-hydrogen) atoms. The van der Waals surface area contributed by atoms with Gasteiger partial charge in [0.2, 0.25) is 5.91 Å². The van der Waals surface area contributed by atoms with Crippen LogP contribution in [0.2, 0.25) is 0 Å². The number of hydroxylamine groups is 2. The molecular weight excluding hydrogens is 146 g/mol. The number of nitrogens with zero attached hydrogens (tertiary/aromatic N) is 1. The summed E-state index contributed by atoms with van der Waals surface area (Å²) >= 11 is 0. The van der Waals surface area contributed by atoms with E-state index in [2.05, 4.69) is 4.84 Å². The monoisotopic (exact) mass is 159 g/mol. The summed E-state index contributed by atoms with van der Waals surface area (Å²) in [6.45, 7) is 3.16. The van der Waals surface area contributed by atoms with Crippen molar-refractivity contribution in [2.24, 2.45) is 0 Å². The van der Waals surface area contributed by atoms with E-state index in [0.717, 1.165) is 5.06 Å². The van der Waals surface area contributed by atoms with Crippen LogP contribution in [0.25, 0.3) is 0 Å². The maximum atomic E-state index is 11.0. The lowest BCUT2D eigenvalue weighted by Crippen LogP contribution is -2.33. The number of amides is 2. The van der Waals surface area contributed by atoms with Crippen LogP contribution in [0.15, 0.2) is 0 Å². The fourth-order valence-electron chi connectivity index (χ4n) is 0.721. The fourth-order valence-corrected chi connectivity index (χ4v) is 0.721. The van der Waals surface area contributed by atoms with Crippen molar-refractivity contribution < 1.29 is 14.4 Å². The van der Waals surface area contributed by atoms with Crippen LogP contribution in [0.1, 0.15) is 26.7 Å². The summed E-state index contributed by atoms with van der Waals surface area (Å²) < 4.78 is 0. The van der Waals surface area contributed by atoms with Gasteiger partial charge in [0.25, 0.3) is 5.91 Å². The van der Waals surface area contributed by atoms with Gasteiger partial charge in [0.1, 0.15) is 0 Å². The maximum Gasteiger partial charge on any atom is 0.253 e. The zero-order chi connectivity index (χ0) is 8.85. The minimum absolute atomic E-state index is 0.289. The summed E-state index contributed by atoms with van der Waals surface area (Å²) in [6, 6.07) is 0. The summed E-state index contributed by atoms with van der Waals surface area (Å²) in [5.41, 5.74) is 0. The van der Waals surface area contributed by atoms with Gasteiger partial charge in [-0.25, -0.2) is 0 Å². The van der Waals surface area contributed by atoms with Crippen LogP contribution in [0.4, 0.5) is 0 Å². The number of hydrogen-bond donors (Lipinski definition) is 0. The first-order valence-corrected chi connectivity index (χ1v) is 3.51. The van der Waals surface area contributed by atoms with E-state index in [1.807, 2.05) is 6.92 Å². The van der Waals surface area contributed by atoms with E-state index in [4.69, 9.17) is 0 Å². The Bertz CT molecular complexity index is 156. The quantitative estimate of drug-likeness (QED) is 0.570. The number of carbonyl (C=O) groups is 2. The van der Waals surface area contributed by atoms with Gasteiger partial charge in [-0.3, -0.25) is 14.4 Å². The van der Waals surface area contributed by atoms with Crippen LogP contribution in [0.3, 0.4) is 0 Å². The first-order chi connectivity index (χ1) is 5.13. The van der Waals surface area contributed by atoms with Gasteiger partial charge in [0, 0.05) is 13.3 Å². The van der Waals surface area contributed by atoms with Crippen molar-refractivity contribution in [3.63, 3.8) is 0 Å². The fraction of sp³-hybridized carbons (Fsp3) is 0.714. The minimum Gasteiger partial charge on any atom is -0.272 e. The summed E-state index contributed by atoms with van der Waals surface area (Å²) in [5.74, 6) is -0.673. The van der Waals surface area contributed by atoms with Gasteiger partial charge in [0.15, 0.2) is 0 Å². The lowest BCUT2D eigenvalue weighted by atomic mass is 10.3. The molecule has 0 bridgehead atoms. The highest BCUT2D eigenvalue weighted by molar-refractivity contribution is 5.92. The topological polar surface area (TPSA) is 46.6 Å². The molecule has 0 aliphatic carbocycles. The normalized spacial score (nSPS) is 9.36. The van der Waals surface area contributed by atoms with Crippen LogP contribution in [-0.2, 0) is 14.4 Å². The highest BCUT2D eigenvalue weighted by atomic mass is 16.7. The molecule has 0 aliphatic rings. The van der Waals surface area contributed by atoms with Gasteiger partial charge < -0.3 is 0 Å². The molecule has 0 fully saturated rings. The Labute approximate surface area is 66.1 Å². The van der Waals surface area contributed by atoms with Gasteiger partial charge in [-0.1, -0.05) is 6.92 Å². The Kier molecular flexibility index (Phi) is 4.45. The lowest BCUT2D eigenvalue weighted by Gasteiger charge is -2.14. The molecule has 0 saturated heterocycles. The molecule has 4 nitrogen and oxygen atoms in total. The number of carbonyl (C=O) groups excluding carboxylic acids is 2. The zero-order valence-electron chi connectivity index (χ0n) is 7.09. The van der Waals surface area contributed by atoms with Crippen LogP contribution in [0, 0.1) is 0 Å². The molecule has 0 unspecified atom stereocenters. The Balaban J connectivity index is 4.03. The molecule has 0 aliphatic heterocycles. The lowest BCUT2D eigenvalue weighted by molar-refractivity contribution is -0.185. The van der Waals surface area contributed by atoms with E-state index < -0.39 is 0 Å². The molecule has 0 aromatic carbocycles. The van der Waals surface area contributed by atoms with Crippen molar-refractivity contribution in [1.29, 1.82) is 0 Å². The molecular formula is C7H13NO3. The standard InChI is InChI=1S/C7H13NO3/c1-4-5-7(10)8(11-3)6(2)9/h4-5H2,1-3H3. The van der Waals surface area contributed by atoms with Crippen molar-refractivity contribution in [1.82, 2.24) is 5.06 Å². The van der Waals surface area contributed by atoms with E-state index in [-0.39, 0.29) is 11.8 Å². The SMILES string of the molecule is CCCC(=O)N(OC)C(C)=O. The summed E-state index contributed by atoms with van der Waals surface area (Å²) in [5, 5.41) is 0.767. The second-order valence-corrected chi connectivity index (χ2v) is 2.14.